The van der Waals surface area contributed by atoms with Crippen LogP contribution in [-0.2, 0) is 7.05 Å². The van der Waals surface area contributed by atoms with E-state index in [1.54, 1.807) is 12.1 Å². The van der Waals surface area contributed by atoms with Crippen LogP contribution in [0.5, 0.6) is 5.75 Å². The summed E-state index contributed by atoms with van der Waals surface area (Å²) in [6.45, 7) is 0. The van der Waals surface area contributed by atoms with Gasteiger partial charge in [0, 0.05) is 7.05 Å². The van der Waals surface area contributed by atoms with E-state index in [-0.39, 0.29) is 22.7 Å². The molecule has 24 heavy (non-hydrogen) atoms. The second-order valence-electron chi connectivity index (χ2n) is 4.47. The molecule has 0 aliphatic rings. The Labute approximate surface area is 133 Å². The van der Waals surface area contributed by atoms with E-state index in [4.69, 9.17) is 15.9 Å². The Morgan fingerprint density at radius 2 is 1.92 bits per heavy atom. The fourth-order valence-electron chi connectivity index (χ4n) is 1.71. The number of hydrogen-bond acceptors (Lipinski definition) is 7. The highest BCUT2D eigenvalue weighted by atomic mass is 16.4. The third-order valence-electron chi connectivity index (χ3n) is 2.87. The number of carbonyl (C=O) groups excluding carboxylic acids is 1. The van der Waals surface area contributed by atoms with Crippen LogP contribution in [0.4, 0.5) is 0 Å². The Kier molecular flexibility index (Phi) is 4.54. The van der Waals surface area contributed by atoms with Crippen LogP contribution < -0.4 is 11.4 Å². The molecule has 0 atom stereocenters. The lowest BCUT2D eigenvalue weighted by Crippen LogP contribution is -2.27. The average Bonchev–Trinajstić information content (AvgIpc) is 2.96. The minimum atomic E-state index is -1.11. The van der Waals surface area contributed by atoms with E-state index in [1.807, 2.05) is 0 Å². The number of carbonyl (C=O) groups is 2. The van der Waals surface area contributed by atoms with Gasteiger partial charge in [0.2, 0.25) is 0 Å². The number of carboxylic acid groups (broad SMARTS) is 1. The van der Waals surface area contributed by atoms with Crippen LogP contribution in [0.15, 0.2) is 35.4 Å². The van der Waals surface area contributed by atoms with E-state index >= 15 is 0 Å². The van der Waals surface area contributed by atoms with Crippen LogP contribution in [0.25, 0.3) is 5.65 Å². The molecule has 0 bridgehead atoms. The van der Waals surface area contributed by atoms with Crippen molar-refractivity contribution in [3.05, 3.63) is 52.3 Å². The number of phenols is 1. The van der Waals surface area contributed by atoms with E-state index in [9.17, 15) is 14.4 Å². The van der Waals surface area contributed by atoms with Crippen molar-refractivity contribution in [2.24, 2.45) is 12.8 Å². The number of carboxylic acids is 1. The van der Waals surface area contributed by atoms with Crippen molar-refractivity contribution in [3.8, 4) is 5.75 Å². The largest absolute Gasteiger partial charge is 0.507 e. The van der Waals surface area contributed by atoms with Crippen molar-refractivity contribution < 1.29 is 19.8 Å². The SMILES string of the molecule is Cn1nnc2c(C(N)=O)ncn2c1=O.O=C(O)c1ccccc1O. The van der Waals surface area contributed by atoms with Crippen LogP contribution in [0.1, 0.15) is 20.8 Å². The van der Waals surface area contributed by atoms with Gasteiger partial charge in [0.05, 0.1) is 0 Å². The van der Waals surface area contributed by atoms with Crippen LogP contribution in [0.3, 0.4) is 0 Å². The Morgan fingerprint density at radius 3 is 2.46 bits per heavy atom. The monoisotopic (exact) mass is 332 g/mol. The second kappa shape index (κ2) is 6.56. The summed E-state index contributed by atoms with van der Waals surface area (Å²) in [4.78, 5) is 36.2. The second-order valence-corrected chi connectivity index (χ2v) is 4.47. The zero-order chi connectivity index (χ0) is 17.9. The quantitative estimate of drug-likeness (QED) is 0.538. The van der Waals surface area contributed by atoms with Crippen LogP contribution in [0.2, 0.25) is 0 Å². The van der Waals surface area contributed by atoms with Crippen molar-refractivity contribution in [1.29, 1.82) is 0 Å². The molecule has 1 aromatic carbocycles. The maximum atomic E-state index is 11.4. The predicted octanol–water partition coefficient (Wildman–Crippen LogP) is -0.988. The maximum absolute atomic E-state index is 11.4. The Morgan fingerprint density at radius 1 is 1.25 bits per heavy atom. The number of para-hydroxylation sites is 1. The highest BCUT2D eigenvalue weighted by molar-refractivity contribution is 5.96. The fraction of sp³-hybridized carbons (Fsp3) is 0.0769. The highest BCUT2D eigenvalue weighted by Gasteiger charge is 2.13. The lowest BCUT2D eigenvalue weighted by molar-refractivity contribution is 0.0693. The van der Waals surface area contributed by atoms with Crippen molar-refractivity contribution in [1.82, 2.24) is 24.4 Å². The molecule has 0 spiro atoms. The van der Waals surface area contributed by atoms with E-state index in [1.165, 1.54) is 25.5 Å². The zero-order valence-electron chi connectivity index (χ0n) is 12.3. The molecule has 0 radical (unpaired) electrons. The molecule has 2 heterocycles. The molecule has 3 aromatic rings. The van der Waals surface area contributed by atoms with Gasteiger partial charge in [-0.3, -0.25) is 4.79 Å². The van der Waals surface area contributed by atoms with E-state index in [0.717, 1.165) is 9.08 Å². The first kappa shape index (κ1) is 16.6. The molecule has 1 amide bonds. The highest BCUT2D eigenvalue weighted by Crippen LogP contribution is 2.14. The first-order chi connectivity index (χ1) is 11.3. The molecule has 2 aromatic heterocycles. The number of amides is 1. The number of nitrogens with zero attached hydrogens (tertiary/aromatic N) is 5. The van der Waals surface area contributed by atoms with E-state index in [0.29, 0.717) is 0 Å². The molecule has 11 heteroatoms. The third kappa shape index (κ3) is 3.19. The molecule has 124 valence electrons. The van der Waals surface area contributed by atoms with Gasteiger partial charge in [0.15, 0.2) is 11.3 Å². The Hall–Kier alpha value is -3.76. The molecular weight excluding hydrogens is 320 g/mol. The number of benzene rings is 1. The maximum Gasteiger partial charge on any atom is 0.352 e. The topological polar surface area (TPSA) is 166 Å². The summed E-state index contributed by atoms with van der Waals surface area (Å²) < 4.78 is 2.13. The molecule has 0 fully saturated rings. The Bertz CT molecular complexity index is 976. The van der Waals surface area contributed by atoms with Crippen LogP contribution in [0, 0.1) is 0 Å². The molecule has 0 saturated heterocycles. The minimum Gasteiger partial charge on any atom is -0.507 e. The summed E-state index contributed by atoms with van der Waals surface area (Å²) in [5, 5.41) is 24.4. The van der Waals surface area contributed by atoms with Gasteiger partial charge in [-0.1, -0.05) is 17.3 Å². The summed E-state index contributed by atoms with van der Waals surface area (Å²) >= 11 is 0. The number of aromatic carboxylic acids is 1. The van der Waals surface area contributed by atoms with E-state index < -0.39 is 17.6 Å². The molecule has 4 N–H and O–H groups in total. The normalized spacial score (nSPS) is 10.0. The average molecular weight is 332 g/mol. The van der Waals surface area contributed by atoms with Crippen molar-refractivity contribution in [2.45, 2.75) is 0 Å². The number of primary amides is 1. The van der Waals surface area contributed by atoms with Gasteiger partial charge >= 0.3 is 11.7 Å². The summed E-state index contributed by atoms with van der Waals surface area (Å²) in [5.41, 5.74) is 4.53. The lowest BCUT2D eigenvalue weighted by atomic mass is 10.2. The van der Waals surface area contributed by atoms with E-state index in [2.05, 4.69) is 15.3 Å². The van der Waals surface area contributed by atoms with Crippen LogP contribution >= 0.6 is 0 Å². The molecule has 11 nitrogen and oxygen atoms in total. The van der Waals surface area contributed by atoms with Crippen LogP contribution in [-0.4, -0.2) is 46.5 Å². The first-order valence-electron chi connectivity index (χ1n) is 6.41. The summed E-state index contributed by atoms with van der Waals surface area (Å²) in [5.74, 6) is -2.05. The van der Waals surface area contributed by atoms with Gasteiger partial charge in [-0.25, -0.2) is 19.0 Å². The molecule has 0 saturated carbocycles. The fourth-order valence-corrected chi connectivity index (χ4v) is 1.71. The Balaban J connectivity index is 0.000000185. The molecular formula is C13H12N6O5. The number of rotatable bonds is 2. The summed E-state index contributed by atoms with van der Waals surface area (Å²) in [6, 6.07) is 5.81. The van der Waals surface area contributed by atoms with Crippen molar-refractivity contribution >= 4 is 17.5 Å². The number of nitrogens with two attached hydrogens (primary N) is 1. The van der Waals surface area contributed by atoms with Crippen molar-refractivity contribution in [2.75, 3.05) is 0 Å². The number of fused-ring (bicyclic) bond motifs is 1. The first-order valence-corrected chi connectivity index (χ1v) is 6.41. The summed E-state index contributed by atoms with van der Waals surface area (Å²) in [6.07, 6.45) is 1.19. The number of aromatic nitrogens is 5. The number of aromatic hydroxyl groups is 1. The van der Waals surface area contributed by atoms with Crippen molar-refractivity contribution in [3.63, 3.8) is 0 Å². The smallest absolute Gasteiger partial charge is 0.352 e. The third-order valence-corrected chi connectivity index (χ3v) is 2.87. The van der Waals surface area contributed by atoms with Gasteiger partial charge in [-0.15, -0.1) is 5.10 Å². The van der Waals surface area contributed by atoms with Gasteiger partial charge in [-0.2, -0.15) is 4.68 Å². The lowest BCUT2D eigenvalue weighted by Gasteiger charge is -1.95. The standard InChI is InChI=1S/C7H6O3.C6H6N6O2/c8-6-4-2-1-3-5(6)7(9)10;1-11-6(14)12-2-8-3(4(7)13)5(12)9-10-11/h1-4,8H,(H,9,10);2H,1H3,(H2,7,13). The van der Waals surface area contributed by atoms with Gasteiger partial charge in [-0.05, 0) is 12.1 Å². The molecule has 0 aliphatic carbocycles. The van der Waals surface area contributed by atoms with Gasteiger partial charge in [0.1, 0.15) is 17.6 Å². The predicted molar refractivity (Wildman–Crippen MR) is 79.6 cm³/mol. The van der Waals surface area contributed by atoms with Gasteiger partial charge < -0.3 is 15.9 Å². The molecule has 0 aliphatic heterocycles. The summed E-state index contributed by atoms with van der Waals surface area (Å²) in [7, 11) is 1.44. The number of aryl methyl sites for hydroxylation is 1. The minimum absolute atomic E-state index is 0.0600. The number of imidazole rings is 1. The molecule has 3 rings (SSSR count). The number of hydrogen-bond donors (Lipinski definition) is 3. The molecule has 0 unspecified atom stereocenters. The van der Waals surface area contributed by atoms with Gasteiger partial charge in [0.25, 0.3) is 5.91 Å². The zero-order valence-corrected chi connectivity index (χ0v) is 12.3.